The maximum absolute atomic E-state index is 14.7. The smallest absolute Gasteiger partial charge is 0.493 e. The first-order valence-electron chi connectivity index (χ1n) is 9.00. The topological polar surface area (TPSA) is 38.8 Å². The molecule has 2 aromatic carbocycles. The van der Waals surface area contributed by atoms with Gasteiger partial charge in [0, 0.05) is 6.54 Å². The van der Waals surface area contributed by atoms with E-state index >= 15 is 0 Å². The van der Waals surface area contributed by atoms with Crippen molar-refractivity contribution in [1.29, 1.82) is 0 Å². The molecule has 2 unspecified atom stereocenters. The van der Waals surface area contributed by atoms with E-state index in [-0.39, 0.29) is 23.6 Å². The van der Waals surface area contributed by atoms with Crippen LogP contribution in [0, 0.1) is 5.82 Å². The van der Waals surface area contributed by atoms with Crippen LogP contribution in [0.2, 0.25) is 5.02 Å². The fourth-order valence-corrected chi connectivity index (χ4v) is 3.92. The fourth-order valence-electron chi connectivity index (χ4n) is 3.39. The van der Waals surface area contributed by atoms with Gasteiger partial charge in [0.15, 0.2) is 0 Å². The number of halogens is 6. The van der Waals surface area contributed by atoms with Gasteiger partial charge in [-0.05, 0) is 43.2 Å². The Bertz CT molecular complexity index is 939. The Balaban J connectivity index is 1.91. The fraction of sp³-hybridized carbons (Fsp3) is 0.350. The van der Waals surface area contributed by atoms with Crippen molar-refractivity contribution in [3.8, 4) is 11.5 Å². The summed E-state index contributed by atoms with van der Waals surface area (Å²) in [5, 5.41) is -1.14. The minimum Gasteiger partial charge on any atom is -0.493 e. The molecule has 10 heteroatoms. The third-order valence-electron chi connectivity index (χ3n) is 4.58. The molecule has 0 aliphatic carbocycles. The van der Waals surface area contributed by atoms with Crippen LogP contribution < -0.4 is 9.47 Å². The number of likely N-dealkylation sites (tertiary alicyclic amines) is 1. The van der Waals surface area contributed by atoms with Crippen molar-refractivity contribution >= 4 is 29.1 Å². The van der Waals surface area contributed by atoms with Crippen LogP contribution in [-0.4, -0.2) is 29.2 Å². The van der Waals surface area contributed by atoms with Gasteiger partial charge >= 0.3 is 6.36 Å². The van der Waals surface area contributed by atoms with Gasteiger partial charge in [-0.3, -0.25) is 4.79 Å². The highest BCUT2D eigenvalue weighted by Gasteiger charge is 2.41. The Kier molecular flexibility index (Phi) is 6.67. The molecule has 4 nitrogen and oxygen atoms in total. The van der Waals surface area contributed by atoms with Crippen molar-refractivity contribution in [3.63, 3.8) is 0 Å². The molecule has 0 radical (unpaired) electrons. The Hall–Kier alpha value is -2.19. The molecule has 30 heavy (non-hydrogen) atoms. The first kappa shape index (κ1) is 22.5. The highest BCUT2D eigenvalue weighted by molar-refractivity contribution is 6.32. The molecule has 0 spiro atoms. The van der Waals surface area contributed by atoms with Crippen molar-refractivity contribution < 1.29 is 31.8 Å². The number of rotatable bonds is 6. The first-order chi connectivity index (χ1) is 14.1. The van der Waals surface area contributed by atoms with Gasteiger partial charge in [-0.15, -0.1) is 24.8 Å². The third-order valence-corrected chi connectivity index (χ3v) is 5.24. The number of alkyl halides is 4. The maximum atomic E-state index is 14.7. The summed E-state index contributed by atoms with van der Waals surface area (Å²) in [6.07, 6.45) is -4.72. The zero-order valence-corrected chi connectivity index (χ0v) is 17.2. The standard InChI is InChI=1S/C20H17Cl2F4NO3/c1-2-29-17-5-3-4-14(23)18(17)15-9-13(22)19(28)27(15)10-11-6-7-16(12(21)8-11)30-20(24,25)26/h3-8,13,15H,2,9-10H2,1H3. The summed E-state index contributed by atoms with van der Waals surface area (Å²) < 4.78 is 61.3. The van der Waals surface area contributed by atoms with E-state index in [1.807, 2.05) is 0 Å². The van der Waals surface area contributed by atoms with E-state index in [0.717, 1.165) is 6.07 Å². The summed E-state index contributed by atoms with van der Waals surface area (Å²) in [5.41, 5.74) is 0.645. The number of amides is 1. The average Bonchev–Trinajstić information content (AvgIpc) is 2.91. The lowest BCUT2D eigenvalue weighted by molar-refractivity contribution is -0.274. The Morgan fingerprint density at radius 1 is 1.20 bits per heavy atom. The van der Waals surface area contributed by atoms with Crippen LogP contribution in [-0.2, 0) is 11.3 Å². The second-order valence-corrected chi connectivity index (χ2v) is 7.52. The highest BCUT2D eigenvalue weighted by atomic mass is 35.5. The van der Waals surface area contributed by atoms with Crippen LogP contribution in [0.25, 0.3) is 0 Å². The van der Waals surface area contributed by atoms with Crippen molar-refractivity contribution in [2.75, 3.05) is 6.61 Å². The maximum Gasteiger partial charge on any atom is 0.573 e. The van der Waals surface area contributed by atoms with E-state index in [9.17, 15) is 22.4 Å². The zero-order chi connectivity index (χ0) is 22.1. The molecule has 1 aliphatic heterocycles. The van der Waals surface area contributed by atoms with E-state index in [2.05, 4.69) is 4.74 Å². The zero-order valence-electron chi connectivity index (χ0n) is 15.7. The molecule has 2 atom stereocenters. The average molecular weight is 466 g/mol. The number of nitrogens with zero attached hydrogens (tertiary/aromatic N) is 1. The third kappa shape index (κ3) is 4.92. The lowest BCUT2D eigenvalue weighted by Crippen LogP contribution is -2.30. The van der Waals surface area contributed by atoms with E-state index in [4.69, 9.17) is 27.9 Å². The highest BCUT2D eigenvalue weighted by Crippen LogP contribution is 2.42. The monoisotopic (exact) mass is 465 g/mol. The predicted molar refractivity (Wildman–Crippen MR) is 103 cm³/mol. The molecule has 0 N–H and O–H groups in total. The number of hydrogen-bond acceptors (Lipinski definition) is 3. The molecule has 162 valence electrons. The summed E-state index contributed by atoms with van der Waals surface area (Å²) in [5.74, 6) is -1.21. The van der Waals surface area contributed by atoms with Crippen molar-refractivity contribution in [2.45, 2.75) is 37.7 Å². The number of ether oxygens (including phenoxy) is 2. The largest absolute Gasteiger partial charge is 0.573 e. The van der Waals surface area contributed by atoms with Crippen LogP contribution >= 0.6 is 23.2 Å². The lowest BCUT2D eigenvalue weighted by Gasteiger charge is -2.27. The van der Waals surface area contributed by atoms with E-state index < -0.39 is 35.3 Å². The Morgan fingerprint density at radius 3 is 2.57 bits per heavy atom. The van der Waals surface area contributed by atoms with Crippen molar-refractivity contribution in [1.82, 2.24) is 4.90 Å². The van der Waals surface area contributed by atoms with Gasteiger partial charge in [0.1, 0.15) is 22.7 Å². The number of carbonyl (C=O) groups is 1. The molecule has 1 aliphatic rings. The minimum atomic E-state index is -4.88. The van der Waals surface area contributed by atoms with Gasteiger partial charge in [-0.25, -0.2) is 4.39 Å². The summed E-state index contributed by atoms with van der Waals surface area (Å²) >= 11 is 12.1. The SMILES string of the molecule is CCOc1cccc(F)c1C1CC(Cl)C(=O)N1Cc1ccc(OC(F)(F)F)c(Cl)c1. The molecule has 2 aromatic rings. The molecule has 0 bridgehead atoms. The lowest BCUT2D eigenvalue weighted by atomic mass is 10.0. The number of carbonyl (C=O) groups excluding carboxylic acids is 1. The van der Waals surface area contributed by atoms with Crippen LogP contribution in [0.4, 0.5) is 17.6 Å². The van der Waals surface area contributed by atoms with E-state index in [1.165, 1.54) is 29.2 Å². The first-order valence-corrected chi connectivity index (χ1v) is 9.82. The second kappa shape index (κ2) is 8.89. The summed E-state index contributed by atoms with van der Waals surface area (Å²) in [6.45, 7) is 2.03. The van der Waals surface area contributed by atoms with Gasteiger partial charge in [-0.2, -0.15) is 0 Å². The minimum absolute atomic E-state index is 0.0291. The van der Waals surface area contributed by atoms with Crippen LogP contribution in [0.1, 0.15) is 30.5 Å². The van der Waals surface area contributed by atoms with Crippen molar-refractivity contribution in [3.05, 3.63) is 58.4 Å². The molecule has 1 saturated heterocycles. The van der Waals surface area contributed by atoms with Crippen molar-refractivity contribution in [2.24, 2.45) is 0 Å². The van der Waals surface area contributed by atoms with Crippen LogP contribution in [0.15, 0.2) is 36.4 Å². The predicted octanol–water partition coefficient (Wildman–Crippen LogP) is 5.86. The quantitative estimate of drug-likeness (QED) is 0.396. The van der Waals surface area contributed by atoms with Gasteiger partial charge in [0.2, 0.25) is 5.91 Å². The summed E-state index contributed by atoms with van der Waals surface area (Å²) in [7, 11) is 0. The molecule has 1 amide bonds. The number of benzene rings is 2. The molecule has 1 heterocycles. The number of hydrogen-bond donors (Lipinski definition) is 0. The van der Waals surface area contributed by atoms with Crippen LogP contribution in [0.5, 0.6) is 11.5 Å². The summed E-state index contributed by atoms with van der Waals surface area (Å²) in [6, 6.07) is 7.35. The second-order valence-electron chi connectivity index (χ2n) is 6.58. The Morgan fingerprint density at radius 2 is 1.93 bits per heavy atom. The van der Waals surface area contributed by atoms with Crippen LogP contribution in [0.3, 0.4) is 0 Å². The van der Waals surface area contributed by atoms with E-state index in [0.29, 0.717) is 17.9 Å². The molecule has 3 rings (SSSR count). The van der Waals surface area contributed by atoms with Gasteiger partial charge in [-0.1, -0.05) is 23.7 Å². The molecule has 0 saturated carbocycles. The molecular weight excluding hydrogens is 449 g/mol. The summed E-state index contributed by atoms with van der Waals surface area (Å²) in [4.78, 5) is 14.0. The molecular formula is C20H17Cl2F4NO3. The molecule has 0 aromatic heterocycles. The Labute approximate surface area is 180 Å². The van der Waals surface area contributed by atoms with Gasteiger partial charge in [0.25, 0.3) is 0 Å². The van der Waals surface area contributed by atoms with Gasteiger partial charge < -0.3 is 14.4 Å². The normalized spacial score (nSPS) is 19.3. The molecule has 1 fully saturated rings. The van der Waals surface area contributed by atoms with E-state index in [1.54, 1.807) is 13.0 Å². The van der Waals surface area contributed by atoms with Gasteiger partial charge in [0.05, 0.1) is 23.2 Å².